The molecule has 1 N–H and O–H groups in total. The Hall–Kier alpha value is -4.01. The van der Waals surface area contributed by atoms with Gasteiger partial charge in [0, 0.05) is 31.1 Å². The smallest absolute Gasteiger partial charge is 0.245 e. The predicted molar refractivity (Wildman–Crippen MR) is 121 cm³/mol. The van der Waals surface area contributed by atoms with Crippen molar-refractivity contribution in [3.63, 3.8) is 0 Å². The van der Waals surface area contributed by atoms with Gasteiger partial charge in [0.15, 0.2) is 17.3 Å². The molecule has 0 aliphatic heterocycles. The van der Waals surface area contributed by atoms with E-state index in [-0.39, 0.29) is 0 Å². The van der Waals surface area contributed by atoms with Gasteiger partial charge >= 0.3 is 0 Å². The Kier molecular flexibility index (Phi) is 6.44. The number of nitrogens with one attached hydrogen (secondary N) is 1. The molecule has 0 atom stereocenters. The molecule has 1 aromatic carbocycles. The van der Waals surface area contributed by atoms with Crippen molar-refractivity contribution in [2.75, 3.05) is 26.6 Å². The minimum atomic E-state index is 0.416. The van der Waals surface area contributed by atoms with Crippen LogP contribution >= 0.6 is 0 Å². The molecule has 0 aliphatic carbocycles. The van der Waals surface area contributed by atoms with Crippen molar-refractivity contribution in [3.05, 3.63) is 55.5 Å². The molecule has 9 heteroatoms. The predicted octanol–water partition coefficient (Wildman–Crippen LogP) is 4.01. The Labute approximate surface area is 180 Å². The number of methoxy groups -OCH3 is 3. The van der Waals surface area contributed by atoms with Gasteiger partial charge < -0.3 is 24.1 Å². The first-order valence-corrected chi connectivity index (χ1v) is 9.46. The zero-order valence-electron chi connectivity index (χ0n) is 18.3. The summed E-state index contributed by atoms with van der Waals surface area (Å²) in [6.07, 6.45) is 3.73. The Morgan fingerprint density at radius 1 is 1.03 bits per heavy atom. The third-order valence-electron chi connectivity index (χ3n) is 4.67. The fourth-order valence-electron chi connectivity index (χ4n) is 3.22. The van der Waals surface area contributed by atoms with E-state index in [1.165, 1.54) is 0 Å². The molecule has 3 heterocycles. The first kappa shape index (κ1) is 21.7. The number of hydrogen-bond donors (Lipinski definition) is 1. The fourth-order valence-corrected chi connectivity index (χ4v) is 3.22. The summed E-state index contributed by atoms with van der Waals surface area (Å²) in [5.74, 6) is 2.77. The maximum Gasteiger partial charge on any atom is 0.245 e. The van der Waals surface area contributed by atoms with E-state index in [0.717, 1.165) is 22.7 Å². The Bertz CT molecular complexity index is 1170. The van der Waals surface area contributed by atoms with E-state index in [1.807, 2.05) is 36.9 Å². The van der Waals surface area contributed by atoms with Crippen molar-refractivity contribution in [1.82, 2.24) is 24.1 Å². The molecule has 0 unspecified atom stereocenters. The van der Waals surface area contributed by atoms with Crippen molar-refractivity contribution >= 4 is 17.2 Å². The number of imidazole rings is 1. The highest BCUT2D eigenvalue weighted by atomic mass is 16.5. The summed E-state index contributed by atoms with van der Waals surface area (Å²) in [5, 5.41) is 7.85. The van der Waals surface area contributed by atoms with Crippen LogP contribution in [0.5, 0.6) is 17.2 Å². The highest BCUT2D eigenvalue weighted by Gasteiger charge is 2.16. The van der Waals surface area contributed by atoms with Gasteiger partial charge in [0.1, 0.15) is 5.52 Å². The van der Waals surface area contributed by atoms with Gasteiger partial charge in [-0.3, -0.25) is 0 Å². The zero-order valence-corrected chi connectivity index (χ0v) is 18.3. The van der Waals surface area contributed by atoms with E-state index in [1.54, 1.807) is 44.2 Å². The van der Waals surface area contributed by atoms with Crippen LogP contribution in [0.4, 0.5) is 11.6 Å². The van der Waals surface area contributed by atoms with Crippen molar-refractivity contribution in [3.8, 4) is 28.8 Å². The number of rotatable bonds is 6. The van der Waals surface area contributed by atoms with Crippen molar-refractivity contribution < 1.29 is 14.2 Å². The van der Waals surface area contributed by atoms with E-state index in [4.69, 9.17) is 14.2 Å². The van der Waals surface area contributed by atoms with Gasteiger partial charge in [-0.15, -0.1) is 18.3 Å². The second-order valence-electron chi connectivity index (χ2n) is 6.44. The van der Waals surface area contributed by atoms with E-state index in [2.05, 4.69) is 33.5 Å². The van der Waals surface area contributed by atoms with E-state index in [0.29, 0.717) is 28.9 Å². The second-order valence-corrected chi connectivity index (χ2v) is 6.44. The lowest BCUT2D eigenvalue weighted by atomic mass is 10.2. The molecule has 0 bridgehead atoms. The van der Waals surface area contributed by atoms with Crippen LogP contribution in [0.1, 0.15) is 5.69 Å². The van der Waals surface area contributed by atoms with Gasteiger partial charge in [-0.05, 0) is 19.1 Å². The van der Waals surface area contributed by atoms with Crippen LogP contribution in [-0.2, 0) is 7.05 Å². The number of benzene rings is 1. The van der Waals surface area contributed by atoms with Crippen LogP contribution in [0.25, 0.3) is 17.0 Å². The molecular weight excluding hydrogens is 396 g/mol. The first-order chi connectivity index (χ1) is 15.0. The molecule has 0 amide bonds. The molecule has 162 valence electrons. The summed E-state index contributed by atoms with van der Waals surface area (Å²) in [5.41, 5.74) is 3.37. The Morgan fingerprint density at radius 2 is 1.71 bits per heavy atom. The quantitative estimate of drug-likeness (QED) is 0.470. The van der Waals surface area contributed by atoms with Crippen LogP contribution in [0.2, 0.25) is 0 Å². The van der Waals surface area contributed by atoms with Gasteiger partial charge in [0.2, 0.25) is 11.7 Å². The van der Waals surface area contributed by atoms with Gasteiger partial charge in [0.05, 0.1) is 38.9 Å². The highest BCUT2D eigenvalue weighted by molar-refractivity contribution is 5.67. The number of aryl methyl sites for hydroxylation is 2. The van der Waals surface area contributed by atoms with Crippen molar-refractivity contribution in [2.24, 2.45) is 7.05 Å². The topological polar surface area (TPSA) is 87.7 Å². The summed E-state index contributed by atoms with van der Waals surface area (Å²) in [7, 11) is 6.69. The number of fused-ring (bicyclic) bond motifs is 1. The lowest BCUT2D eigenvalue weighted by Crippen LogP contribution is -2.05. The molecule has 0 radical (unpaired) electrons. The Balaban J connectivity index is 0.00000132. The van der Waals surface area contributed by atoms with Gasteiger partial charge in [-0.1, -0.05) is 0 Å². The standard InChI is InChI=1S/C20H22N6O3.C2H4/c1-12-15-11-21-20(24-26(15)19(22-12)14-7-6-8-25(14)2)23-13-9-16(27-3)18(29-5)17(10-13)28-4;1-2/h6-11H,1-5H3,(H,23,24);1-2H2. The van der Waals surface area contributed by atoms with Crippen LogP contribution < -0.4 is 19.5 Å². The fraction of sp³-hybridized carbons (Fsp3) is 0.227. The average molecular weight is 422 g/mol. The largest absolute Gasteiger partial charge is 0.493 e. The second kappa shape index (κ2) is 9.21. The lowest BCUT2D eigenvalue weighted by molar-refractivity contribution is 0.324. The molecular formula is C22H26N6O3. The molecule has 0 spiro atoms. The molecule has 3 aromatic heterocycles. The van der Waals surface area contributed by atoms with Gasteiger partial charge in [0.25, 0.3) is 0 Å². The summed E-state index contributed by atoms with van der Waals surface area (Å²) in [6, 6.07) is 7.57. The molecule has 0 aliphatic rings. The number of ether oxygens (including phenoxy) is 3. The minimum Gasteiger partial charge on any atom is -0.493 e. The lowest BCUT2D eigenvalue weighted by Gasteiger charge is -2.14. The number of hydrogen-bond acceptors (Lipinski definition) is 7. The molecule has 0 fully saturated rings. The Morgan fingerprint density at radius 3 is 2.26 bits per heavy atom. The number of anilines is 2. The third kappa shape index (κ3) is 4.02. The molecule has 0 saturated carbocycles. The van der Waals surface area contributed by atoms with E-state index >= 15 is 0 Å². The van der Waals surface area contributed by atoms with Crippen LogP contribution in [0.15, 0.2) is 49.8 Å². The minimum absolute atomic E-state index is 0.416. The van der Waals surface area contributed by atoms with Crippen molar-refractivity contribution in [1.29, 1.82) is 0 Å². The normalized spacial score (nSPS) is 10.4. The highest BCUT2D eigenvalue weighted by Crippen LogP contribution is 2.40. The van der Waals surface area contributed by atoms with Gasteiger partial charge in [-0.25, -0.2) is 14.5 Å². The maximum atomic E-state index is 5.41. The van der Waals surface area contributed by atoms with Crippen LogP contribution in [0.3, 0.4) is 0 Å². The number of aromatic nitrogens is 5. The summed E-state index contributed by atoms with van der Waals surface area (Å²) in [4.78, 5) is 9.10. The molecule has 0 saturated heterocycles. The first-order valence-electron chi connectivity index (χ1n) is 9.46. The molecule has 4 aromatic rings. The van der Waals surface area contributed by atoms with E-state index in [9.17, 15) is 0 Å². The molecule has 9 nitrogen and oxygen atoms in total. The molecule has 31 heavy (non-hydrogen) atoms. The number of nitrogens with zero attached hydrogens (tertiary/aromatic N) is 5. The average Bonchev–Trinajstić information content (AvgIpc) is 3.36. The zero-order chi connectivity index (χ0) is 22.5. The summed E-state index contributed by atoms with van der Waals surface area (Å²) >= 11 is 0. The van der Waals surface area contributed by atoms with Crippen LogP contribution in [-0.4, -0.2) is 45.5 Å². The van der Waals surface area contributed by atoms with E-state index < -0.39 is 0 Å². The van der Waals surface area contributed by atoms with Gasteiger partial charge in [-0.2, -0.15) is 0 Å². The van der Waals surface area contributed by atoms with Crippen molar-refractivity contribution in [2.45, 2.75) is 6.92 Å². The monoisotopic (exact) mass is 422 g/mol. The third-order valence-corrected chi connectivity index (χ3v) is 4.67. The summed E-state index contributed by atoms with van der Waals surface area (Å²) in [6.45, 7) is 7.94. The van der Waals surface area contributed by atoms with Crippen LogP contribution in [0, 0.1) is 6.92 Å². The maximum absolute atomic E-state index is 5.41. The summed E-state index contributed by atoms with van der Waals surface area (Å²) < 4.78 is 20.0. The SMILES string of the molecule is C=C.COc1cc(Nc2ncc3c(C)nc(-c4cccn4C)n3n2)cc(OC)c1OC. The molecule has 4 rings (SSSR count).